The smallest absolute Gasteiger partial charge is 0.104 e. The summed E-state index contributed by atoms with van der Waals surface area (Å²) in [5, 5.41) is 11.2. The Bertz CT molecular complexity index is 638. The summed E-state index contributed by atoms with van der Waals surface area (Å²) in [7, 11) is 0. The van der Waals surface area contributed by atoms with E-state index in [0.717, 1.165) is 32.5 Å². The normalized spacial score (nSPS) is 18.3. The predicted octanol–water partition coefficient (Wildman–Crippen LogP) is 4.74. The van der Waals surface area contributed by atoms with Gasteiger partial charge in [0.2, 0.25) is 0 Å². The molecule has 0 radical (unpaired) electrons. The summed E-state index contributed by atoms with van der Waals surface area (Å²) < 4.78 is 2.47. The number of hydrogen-bond donors (Lipinski definition) is 1. The van der Waals surface area contributed by atoms with Crippen LogP contribution in [0.2, 0.25) is 0 Å². The Hall–Kier alpha value is -1.32. The Labute approximate surface area is 146 Å². The van der Waals surface area contributed by atoms with Crippen LogP contribution in [-0.4, -0.2) is 33.9 Å². The maximum atomic E-state index is 9.77. The van der Waals surface area contributed by atoms with Gasteiger partial charge >= 0.3 is 0 Å². The summed E-state index contributed by atoms with van der Waals surface area (Å²) in [4.78, 5) is 2.18. The number of likely N-dealkylation sites (tertiary alicyclic amines) is 1. The van der Waals surface area contributed by atoms with Gasteiger partial charge in [-0.1, -0.05) is 44.4 Å². The Balaban J connectivity index is 1.76. The van der Waals surface area contributed by atoms with E-state index in [1.807, 2.05) is 6.92 Å². The number of piperidine rings is 1. The number of aromatic nitrogens is 1. The quantitative estimate of drug-likeness (QED) is 0.744. The lowest BCUT2D eigenvalue weighted by molar-refractivity contribution is 0.00312. The lowest BCUT2D eigenvalue weighted by Gasteiger charge is -2.33. The van der Waals surface area contributed by atoms with Gasteiger partial charge in [-0.3, -0.25) is 4.90 Å². The molecule has 0 aliphatic carbocycles. The molecule has 1 aliphatic heterocycles. The van der Waals surface area contributed by atoms with Gasteiger partial charge < -0.3 is 9.67 Å². The van der Waals surface area contributed by atoms with E-state index in [4.69, 9.17) is 0 Å². The largest absolute Gasteiger partial charge is 0.379 e. The Morgan fingerprint density at radius 2 is 1.88 bits per heavy atom. The lowest BCUT2D eigenvalue weighted by Crippen LogP contribution is -2.39. The van der Waals surface area contributed by atoms with Crippen LogP contribution in [0.5, 0.6) is 0 Å². The first-order chi connectivity index (χ1) is 11.7. The van der Waals surface area contributed by atoms with E-state index < -0.39 is 0 Å². The second-order valence-corrected chi connectivity index (χ2v) is 7.30. The highest BCUT2D eigenvalue weighted by molar-refractivity contribution is 5.84. The molecule has 2 heterocycles. The number of aliphatic hydroxyl groups is 1. The molecule has 1 unspecified atom stereocenters. The van der Waals surface area contributed by atoms with E-state index >= 15 is 0 Å². The van der Waals surface area contributed by atoms with Gasteiger partial charge in [0.25, 0.3) is 0 Å². The minimum Gasteiger partial charge on any atom is -0.379 e. The van der Waals surface area contributed by atoms with E-state index in [0.29, 0.717) is 5.92 Å². The SMILES string of the molecule is CCCCCCn1cc(C2CCN(C(C)O)CC2)c2ccccc21. The van der Waals surface area contributed by atoms with Crippen molar-refractivity contribution < 1.29 is 5.11 Å². The maximum absolute atomic E-state index is 9.77. The van der Waals surface area contributed by atoms with Crippen LogP contribution >= 0.6 is 0 Å². The average Bonchev–Trinajstić information content (AvgIpc) is 2.98. The number of aliphatic hydroxyl groups excluding tert-OH is 1. The summed E-state index contributed by atoms with van der Waals surface area (Å²) in [6, 6.07) is 8.88. The number of fused-ring (bicyclic) bond motifs is 1. The number of aryl methyl sites for hydroxylation is 1. The molecule has 3 heteroatoms. The molecule has 1 aromatic carbocycles. The molecule has 0 amide bonds. The van der Waals surface area contributed by atoms with Gasteiger partial charge in [0.05, 0.1) is 0 Å². The van der Waals surface area contributed by atoms with Crippen molar-refractivity contribution >= 4 is 10.9 Å². The maximum Gasteiger partial charge on any atom is 0.104 e. The lowest BCUT2D eigenvalue weighted by atomic mass is 9.89. The summed E-state index contributed by atoms with van der Waals surface area (Å²) in [5.74, 6) is 0.627. The van der Waals surface area contributed by atoms with Crippen LogP contribution in [0.4, 0.5) is 0 Å². The highest BCUT2D eigenvalue weighted by atomic mass is 16.3. The monoisotopic (exact) mass is 328 g/mol. The first-order valence-corrected chi connectivity index (χ1v) is 9.70. The summed E-state index contributed by atoms with van der Waals surface area (Å²) in [5.41, 5.74) is 2.91. The van der Waals surface area contributed by atoms with Crippen molar-refractivity contribution in [2.75, 3.05) is 13.1 Å². The second-order valence-electron chi connectivity index (χ2n) is 7.30. The van der Waals surface area contributed by atoms with Crippen molar-refractivity contribution in [3.05, 3.63) is 36.0 Å². The summed E-state index contributed by atoms with van der Waals surface area (Å²) in [6.07, 6.45) is 9.62. The zero-order valence-corrected chi connectivity index (χ0v) is 15.2. The zero-order chi connectivity index (χ0) is 16.9. The summed E-state index contributed by atoms with van der Waals surface area (Å²) in [6.45, 7) is 7.27. The van der Waals surface area contributed by atoms with E-state index in [1.165, 1.54) is 42.1 Å². The van der Waals surface area contributed by atoms with Gasteiger partial charge in [0.15, 0.2) is 0 Å². The molecule has 1 atom stereocenters. The molecule has 1 saturated heterocycles. The van der Waals surface area contributed by atoms with E-state index in [1.54, 1.807) is 0 Å². The van der Waals surface area contributed by atoms with Gasteiger partial charge in [-0.2, -0.15) is 0 Å². The van der Waals surface area contributed by atoms with E-state index in [2.05, 4.69) is 46.9 Å². The fourth-order valence-corrected chi connectivity index (χ4v) is 4.08. The highest BCUT2D eigenvalue weighted by Crippen LogP contribution is 2.34. The second kappa shape index (κ2) is 8.17. The average molecular weight is 328 g/mol. The number of rotatable bonds is 7. The van der Waals surface area contributed by atoms with Crippen LogP contribution in [0.15, 0.2) is 30.5 Å². The predicted molar refractivity (Wildman–Crippen MR) is 101 cm³/mol. The Morgan fingerprint density at radius 1 is 1.12 bits per heavy atom. The minimum absolute atomic E-state index is 0.314. The van der Waals surface area contributed by atoms with Gasteiger partial charge in [-0.25, -0.2) is 0 Å². The van der Waals surface area contributed by atoms with Crippen LogP contribution in [0.3, 0.4) is 0 Å². The fraction of sp³-hybridized carbons (Fsp3) is 0.619. The Kier molecular flexibility index (Phi) is 5.96. The molecule has 1 fully saturated rings. The zero-order valence-electron chi connectivity index (χ0n) is 15.2. The standard InChI is InChI=1S/C21H32N2O/c1-3-4-5-8-13-23-16-20(19-9-6-7-10-21(19)23)18-11-14-22(15-12-18)17(2)24/h6-7,9-10,16-18,24H,3-5,8,11-15H2,1-2H3. The topological polar surface area (TPSA) is 28.4 Å². The molecular weight excluding hydrogens is 296 g/mol. The van der Waals surface area contributed by atoms with Gasteiger partial charge in [0, 0.05) is 36.7 Å². The highest BCUT2D eigenvalue weighted by Gasteiger charge is 2.25. The molecule has 3 nitrogen and oxygen atoms in total. The molecule has 1 aromatic heterocycles. The van der Waals surface area contributed by atoms with Gasteiger partial charge in [-0.15, -0.1) is 0 Å². The van der Waals surface area contributed by atoms with E-state index in [-0.39, 0.29) is 6.23 Å². The summed E-state index contributed by atoms with van der Waals surface area (Å²) >= 11 is 0. The van der Waals surface area contributed by atoms with Crippen molar-refractivity contribution in [3.8, 4) is 0 Å². The van der Waals surface area contributed by atoms with Crippen LogP contribution < -0.4 is 0 Å². The first kappa shape index (κ1) is 17.5. The van der Waals surface area contributed by atoms with Crippen LogP contribution in [0.25, 0.3) is 10.9 Å². The molecular formula is C21H32N2O. The Morgan fingerprint density at radius 3 is 2.58 bits per heavy atom. The van der Waals surface area contributed by atoms with Gasteiger partial charge in [-0.05, 0) is 43.7 Å². The van der Waals surface area contributed by atoms with Crippen molar-refractivity contribution in [3.63, 3.8) is 0 Å². The number of nitrogens with zero attached hydrogens (tertiary/aromatic N) is 2. The molecule has 0 saturated carbocycles. The van der Waals surface area contributed by atoms with Crippen molar-refractivity contribution in [1.82, 2.24) is 9.47 Å². The van der Waals surface area contributed by atoms with Crippen molar-refractivity contribution in [1.29, 1.82) is 0 Å². The molecule has 132 valence electrons. The molecule has 1 aliphatic rings. The van der Waals surface area contributed by atoms with Crippen LogP contribution in [-0.2, 0) is 6.54 Å². The third kappa shape index (κ3) is 3.84. The first-order valence-electron chi connectivity index (χ1n) is 9.70. The number of hydrogen-bond acceptors (Lipinski definition) is 2. The van der Waals surface area contributed by atoms with Crippen LogP contribution in [0.1, 0.15) is 63.9 Å². The van der Waals surface area contributed by atoms with Crippen LogP contribution in [0, 0.1) is 0 Å². The third-order valence-electron chi connectivity index (χ3n) is 5.57. The van der Waals surface area contributed by atoms with E-state index in [9.17, 15) is 5.11 Å². The molecule has 0 bridgehead atoms. The van der Waals surface area contributed by atoms with Gasteiger partial charge in [0.1, 0.15) is 6.23 Å². The number of benzene rings is 1. The fourth-order valence-electron chi connectivity index (χ4n) is 4.08. The number of unbranched alkanes of at least 4 members (excludes halogenated alkanes) is 3. The van der Waals surface area contributed by atoms with Crippen molar-refractivity contribution in [2.45, 2.75) is 71.1 Å². The molecule has 0 spiro atoms. The van der Waals surface area contributed by atoms with Crippen molar-refractivity contribution in [2.24, 2.45) is 0 Å². The molecule has 3 rings (SSSR count). The third-order valence-corrected chi connectivity index (χ3v) is 5.57. The minimum atomic E-state index is -0.314. The molecule has 1 N–H and O–H groups in total. The molecule has 24 heavy (non-hydrogen) atoms. The molecule has 2 aromatic rings. The number of para-hydroxylation sites is 1.